The van der Waals surface area contributed by atoms with Gasteiger partial charge < -0.3 is 24.4 Å². The van der Waals surface area contributed by atoms with Gasteiger partial charge in [-0.1, -0.05) is 6.92 Å². The maximum Gasteiger partial charge on any atom is 0.393 e. The minimum absolute atomic E-state index is 0.0923. The Bertz CT molecular complexity index is 1080. The first kappa shape index (κ1) is 26.9. The number of aliphatic carboxylic acids is 1. The molecule has 0 amide bonds. The molecular weight excluding hydrogens is 492 g/mol. The Balaban J connectivity index is 1.39. The number of benzene rings is 2. The van der Waals surface area contributed by atoms with E-state index in [1.165, 1.54) is 11.0 Å². The Hall–Kier alpha value is -3.17. The molecular formula is C27H32F4N2O4. The predicted octanol–water partition coefficient (Wildman–Crippen LogP) is 5.75. The Morgan fingerprint density at radius 1 is 1.11 bits per heavy atom. The molecule has 4 rings (SSSR count). The number of hydrogen-bond donors (Lipinski definition) is 1. The van der Waals surface area contributed by atoms with E-state index in [1.54, 1.807) is 36.4 Å². The number of hydrogen-bond acceptors (Lipinski definition) is 5. The molecule has 0 saturated carbocycles. The summed E-state index contributed by atoms with van der Waals surface area (Å²) < 4.78 is 66.1. The lowest BCUT2D eigenvalue weighted by atomic mass is 9.95. The van der Waals surface area contributed by atoms with Crippen LogP contribution in [0.15, 0.2) is 42.5 Å². The van der Waals surface area contributed by atoms with E-state index in [0.29, 0.717) is 49.0 Å². The fraction of sp³-hybridized carbons (Fsp3) is 0.519. The van der Waals surface area contributed by atoms with Gasteiger partial charge in [0.25, 0.3) is 0 Å². The second kappa shape index (κ2) is 11.1. The molecule has 0 bridgehead atoms. The van der Waals surface area contributed by atoms with Crippen LogP contribution < -0.4 is 19.3 Å². The minimum atomic E-state index is -4.37. The monoisotopic (exact) mass is 524 g/mol. The lowest BCUT2D eigenvalue weighted by molar-refractivity contribution is -0.169. The second-order valence-corrected chi connectivity index (χ2v) is 9.79. The zero-order chi connectivity index (χ0) is 26.7. The molecule has 2 aromatic carbocycles. The standard InChI is InChI=1S/C27H32F4N2O4/c1-3-36-22-8-9-23(28)24(14-22)32-11-10-25(17(2)15-32)37-21-6-4-19(5-7-21)33-16-18(27(29,30)31)12-20(33)13-26(34)35/h4-9,14,17-18,20,25H,3,10-13,15-16H2,1-2H3,(H,34,35)/t17-,18+,20+,25+/m0/s1. The third kappa shape index (κ3) is 6.40. The first-order valence-electron chi connectivity index (χ1n) is 12.5. The molecule has 2 fully saturated rings. The number of alkyl halides is 3. The molecule has 0 spiro atoms. The molecule has 202 valence electrons. The van der Waals surface area contributed by atoms with Gasteiger partial charge in [0, 0.05) is 49.8 Å². The van der Waals surface area contributed by atoms with Gasteiger partial charge in [0.05, 0.1) is 24.6 Å². The lowest BCUT2D eigenvalue weighted by Crippen LogP contribution is -2.44. The molecule has 0 radical (unpaired) electrons. The molecule has 10 heteroatoms. The molecule has 2 aliphatic heterocycles. The van der Waals surface area contributed by atoms with Crippen LogP contribution in [0.5, 0.6) is 11.5 Å². The third-order valence-electron chi connectivity index (χ3n) is 7.14. The van der Waals surface area contributed by atoms with Crippen molar-refractivity contribution >= 4 is 17.3 Å². The van der Waals surface area contributed by atoms with Crippen LogP contribution in [0, 0.1) is 17.7 Å². The van der Waals surface area contributed by atoms with E-state index in [-0.39, 0.29) is 37.2 Å². The third-order valence-corrected chi connectivity index (χ3v) is 7.14. The van der Waals surface area contributed by atoms with E-state index >= 15 is 0 Å². The number of anilines is 2. The second-order valence-electron chi connectivity index (χ2n) is 9.79. The van der Waals surface area contributed by atoms with Gasteiger partial charge in [-0.15, -0.1) is 0 Å². The van der Waals surface area contributed by atoms with Gasteiger partial charge in [0.15, 0.2) is 0 Å². The molecule has 0 aromatic heterocycles. The van der Waals surface area contributed by atoms with E-state index in [2.05, 4.69) is 0 Å². The highest BCUT2D eigenvalue weighted by Crippen LogP contribution is 2.40. The molecule has 37 heavy (non-hydrogen) atoms. The number of carbonyl (C=O) groups is 1. The summed E-state index contributed by atoms with van der Waals surface area (Å²) in [6.45, 7) is 5.34. The van der Waals surface area contributed by atoms with Crippen LogP contribution in [0.1, 0.15) is 33.1 Å². The van der Waals surface area contributed by atoms with Gasteiger partial charge >= 0.3 is 12.1 Å². The molecule has 4 atom stereocenters. The first-order valence-corrected chi connectivity index (χ1v) is 12.5. The summed E-state index contributed by atoms with van der Waals surface area (Å²) in [5.74, 6) is -1.69. The fourth-order valence-electron chi connectivity index (χ4n) is 5.27. The predicted molar refractivity (Wildman–Crippen MR) is 132 cm³/mol. The quantitative estimate of drug-likeness (QED) is 0.444. The van der Waals surface area contributed by atoms with Crippen molar-refractivity contribution in [3.05, 3.63) is 48.3 Å². The number of halogens is 4. The van der Waals surface area contributed by atoms with Crippen molar-refractivity contribution < 1.29 is 36.9 Å². The van der Waals surface area contributed by atoms with Crippen LogP contribution in [0.2, 0.25) is 0 Å². The summed E-state index contributed by atoms with van der Waals surface area (Å²) in [4.78, 5) is 14.7. The van der Waals surface area contributed by atoms with Crippen molar-refractivity contribution in [1.29, 1.82) is 0 Å². The number of rotatable bonds is 8. The highest BCUT2D eigenvalue weighted by atomic mass is 19.4. The molecule has 6 nitrogen and oxygen atoms in total. The Labute approximate surface area is 213 Å². The SMILES string of the molecule is CCOc1ccc(F)c(N2CC[C@@H](Oc3ccc(N4C[C@H](C(F)(F)F)C[C@@H]4CC(=O)O)cc3)[C@@H](C)C2)c1. The Morgan fingerprint density at radius 3 is 2.43 bits per heavy atom. The zero-order valence-corrected chi connectivity index (χ0v) is 20.9. The fourth-order valence-corrected chi connectivity index (χ4v) is 5.27. The molecule has 2 heterocycles. The summed E-state index contributed by atoms with van der Waals surface area (Å²) >= 11 is 0. The largest absolute Gasteiger partial charge is 0.494 e. The summed E-state index contributed by atoms with van der Waals surface area (Å²) in [6, 6.07) is 10.8. The van der Waals surface area contributed by atoms with E-state index in [0.717, 1.165) is 0 Å². The molecule has 2 aliphatic rings. The average Bonchev–Trinajstić information content (AvgIpc) is 3.26. The van der Waals surface area contributed by atoms with Crippen LogP contribution >= 0.6 is 0 Å². The van der Waals surface area contributed by atoms with Gasteiger partial charge in [-0.05, 0) is 49.7 Å². The summed E-state index contributed by atoms with van der Waals surface area (Å²) in [6.07, 6.45) is -4.40. The van der Waals surface area contributed by atoms with Crippen LogP contribution in [0.4, 0.5) is 28.9 Å². The minimum Gasteiger partial charge on any atom is -0.494 e. The molecule has 2 saturated heterocycles. The normalized spacial score (nSPS) is 24.3. The maximum absolute atomic E-state index is 14.5. The number of carboxylic acids is 1. The highest BCUT2D eigenvalue weighted by Gasteiger charge is 2.48. The van der Waals surface area contributed by atoms with Crippen molar-refractivity contribution in [2.45, 2.75) is 51.4 Å². The van der Waals surface area contributed by atoms with Crippen LogP contribution in [0.25, 0.3) is 0 Å². The van der Waals surface area contributed by atoms with Crippen molar-refractivity contribution in [2.24, 2.45) is 11.8 Å². The van der Waals surface area contributed by atoms with Crippen LogP contribution in [-0.2, 0) is 4.79 Å². The van der Waals surface area contributed by atoms with Crippen LogP contribution in [-0.4, -0.2) is 55.6 Å². The van der Waals surface area contributed by atoms with Crippen molar-refractivity contribution in [3.8, 4) is 11.5 Å². The van der Waals surface area contributed by atoms with Crippen molar-refractivity contribution in [2.75, 3.05) is 36.0 Å². The summed E-state index contributed by atoms with van der Waals surface area (Å²) in [5.41, 5.74) is 1.04. The molecule has 2 aromatic rings. The van der Waals surface area contributed by atoms with E-state index in [1.807, 2.05) is 18.7 Å². The maximum atomic E-state index is 14.5. The van der Waals surface area contributed by atoms with Gasteiger partial charge in [-0.25, -0.2) is 4.39 Å². The molecule has 1 N–H and O–H groups in total. The van der Waals surface area contributed by atoms with Gasteiger partial charge in [0.2, 0.25) is 0 Å². The van der Waals surface area contributed by atoms with E-state index in [4.69, 9.17) is 14.6 Å². The Morgan fingerprint density at radius 2 is 1.81 bits per heavy atom. The number of carboxylic acid groups (broad SMARTS) is 1. The van der Waals surface area contributed by atoms with Gasteiger partial charge in [-0.3, -0.25) is 4.79 Å². The van der Waals surface area contributed by atoms with E-state index in [9.17, 15) is 22.4 Å². The zero-order valence-electron chi connectivity index (χ0n) is 20.9. The average molecular weight is 525 g/mol. The number of piperidine rings is 1. The Kier molecular flexibility index (Phi) is 8.04. The smallest absolute Gasteiger partial charge is 0.393 e. The number of ether oxygens (including phenoxy) is 2. The summed E-state index contributed by atoms with van der Waals surface area (Å²) in [7, 11) is 0. The highest BCUT2D eigenvalue weighted by molar-refractivity contribution is 5.69. The molecule has 0 unspecified atom stereocenters. The number of nitrogens with zero attached hydrogens (tertiary/aromatic N) is 2. The van der Waals surface area contributed by atoms with Gasteiger partial charge in [-0.2, -0.15) is 13.2 Å². The van der Waals surface area contributed by atoms with Crippen LogP contribution in [0.3, 0.4) is 0 Å². The van der Waals surface area contributed by atoms with Crippen molar-refractivity contribution in [1.82, 2.24) is 0 Å². The molecule has 0 aliphatic carbocycles. The first-order chi connectivity index (χ1) is 17.5. The van der Waals surface area contributed by atoms with Gasteiger partial charge in [0.1, 0.15) is 23.4 Å². The van der Waals surface area contributed by atoms with E-state index < -0.39 is 24.1 Å². The topological polar surface area (TPSA) is 62.2 Å². The summed E-state index contributed by atoms with van der Waals surface area (Å²) in [5, 5.41) is 9.16. The lowest BCUT2D eigenvalue weighted by Gasteiger charge is -2.38. The van der Waals surface area contributed by atoms with Crippen molar-refractivity contribution in [3.63, 3.8) is 0 Å².